The van der Waals surface area contributed by atoms with Crippen LogP contribution in [0.4, 0.5) is 0 Å². The molecule has 0 N–H and O–H groups in total. The average molecular weight is 341 g/mol. The van der Waals surface area contributed by atoms with Crippen molar-refractivity contribution in [1.82, 2.24) is 4.31 Å². The molecule has 2 rings (SSSR count). The molecule has 1 aromatic carbocycles. The Morgan fingerprint density at radius 3 is 2.59 bits per heavy atom. The number of ether oxygens (including phenoxy) is 1. The highest BCUT2D eigenvalue weighted by Crippen LogP contribution is 2.28. The van der Waals surface area contributed by atoms with Gasteiger partial charge in [0.1, 0.15) is 4.90 Å². The Balaban J connectivity index is 2.40. The number of benzene rings is 1. The van der Waals surface area contributed by atoms with Crippen molar-refractivity contribution in [2.75, 3.05) is 26.3 Å². The standard InChI is InChI=1S/C10H11BrClNO3S/c11-8-1-2-9(12)10(7-8)17(14,15)13-3-5-16-6-4-13/h1-2,7H,3-6H2. The Morgan fingerprint density at radius 2 is 1.94 bits per heavy atom. The van der Waals surface area contributed by atoms with E-state index in [0.717, 1.165) is 0 Å². The second-order valence-electron chi connectivity index (χ2n) is 3.59. The molecule has 1 fully saturated rings. The van der Waals surface area contributed by atoms with Crippen molar-refractivity contribution in [3.8, 4) is 0 Å². The van der Waals surface area contributed by atoms with Crippen LogP contribution < -0.4 is 0 Å². The highest BCUT2D eigenvalue weighted by atomic mass is 79.9. The summed E-state index contributed by atoms with van der Waals surface area (Å²) >= 11 is 9.19. The molecule has 0 atom stereocenters. The fourth-order valence-corrected chi connectivity index (χ4v) is 4.02. The number of morpholine rings is 1. The van der Waals surface area contributed by atoms with Gasteiger partial charge in [-0.05, 0) is 18.2 Å². The average Bonchev–Trinajstić information content (AvgIpc) is 2.33. The third kappa shape index (κ3) is 2.82. The Kier molecular flexibility index (Phi) is 4.10. The molecule has 1 aliphatic rings. The van der Waals surface area contributed by atoms with Crippen LogP contribution in [0, 0.1) is 0 Å². The molecule has 1 saturated heterocycles. The van der Waals surface area contributed by atoms with E-state index in [0.29, 0.717) is 30.8 Å². The summed E-state index contributed by atoms with van der Waals surface area (Å²) in [5.41, 5.74) is 0. The van der Waals surface area contributed by atoms with Crippen LogP contribution in [0.3, 0.4) is 0 Å². The fraction of sp³-hybridized carbons (Fsp3) is 0.400. The minimum absolute atomic E-state index is 0.135. The third-order valence-electron chi connectivity index (χ3n) is 2.48. The molecule has 1 aromatic rings. The Labute approximate surface area is 114 Å². The van der Waals surface area contributed by atoms with E-state index >= 15 is 0 Å². The molecule has 0 saturated carbocycles. The van der Waals surface area contributed by atoms with Crippen molar-refractivity contribution in [2.45, 2.75) is 4.90 Å². The summed E-state index contributed by atoms with van der Waals surface area (Å²) in [6, 6.07) is 4.80. The van der Waals surface area contributed by atoms with E-state index in [-0.39, 0.29) is 9.92 Å². The summed E-state index contributed by atoms with van der Waals surface area (Å²) in [7, 11) is -3.52. The van der Waals surface area contributed by atoms with Gasteiger partial charge in [-0.1, -0.05) is 27.5 Å². The molecule has 4 nitrogen and oxygen atoms in total. The first-order valence-electron chi connectivity index (χ1n) is 5.05. The SMILES string of the molecule is O=S(=O)(c1cc(Br)ccc1Cl)N1CCOCC1. The van der Waals surface area contributed by atoms with Crippen molar-refractivity contribution in [1.29, 1.82) is 0 Å². The predicted octanol–water partition coefficient (Wildman–Crippen LogP) is 2.12. The lowest BCUT2D eigenvalue weighted by atomic mass is 10.4. The highest BCUT2D eigenvalue weighted by molar-refractivity contribution is 9.10. The topological polar surface area (TPSA) is 46.6 Å². The van der Waals surface area contributed by atoms with Crippen LogP contribution in [0.5, 0.6) is 0 Å². The van der Waals surface area contributed by atoms with Gasteiger partial charge in [0.2, 0.25) is 10.0 Å². The van der Waals surface area contributed by atoms with E-state index in [2.05, 4.69) is 15.9 Å². The van der Waals surface area contributed by atoms with Gasteiger partial charge in [0.15, 0.2) is 0 Å². The minimum Gasteiger partial charge on any atom is -0.379 e. The molecule has 0 aromatic heterocycles. The Morgan fingerprint density at radius 1 is 1.29 bits per heavy atom. The van der Waals surface area contributed by atoms with E-state index in [1.165, 1.54) is 10.4 Å². The second-order valence-corrected chi connectivity index (χ2v) is 6.82. The molecule has 0 radical (unpaired) electrons. The quantitative estimate of drug-likeness (QED) is 0.828. The van der Waals surface area contributed by atoms with Gasteiger partial charge in [-0.25, -0.2) is 8.42 Å². The largest absolute Gasteiger partial charge is 0.379 e. The lowest BCUT2D eigenvalue weighted by Crippen LogP contribution is -2.40. The predicted molar refractivity (Wildman–Crippen MR) is 68.7 cm³/mol. The normalized spacial score (nSPS) is 18.2. The van der Waals surface area contributed by atoms with Crippen LogP contribution in [0.1, 0.15) is 0 Å². The molecule has 94 valence electrons. The molecular weight excluding hydrogens is 330 g/mol. The molecule has 17 heavy (non-hydrogen) atoms. The van der Waals surface area contributed by atoms with Crippen molar-refractivity contribution in [3.63, 3.8) is 0 Å². The zero-order chi connectivity index (χ0) is 12.5. The van der Waals surface area contributed by atoms with E-state index in [9.17, 15) is 8.42 Å². The first-order chi connectivity index (χ1) is 8.01. The van der Waals surface area contributed by atoms with Gasteiger partial charge >= 0.3 is 0 Å². The molecule has 0 aliphatic carbocycles. The number of hydrogen-bond donors (Lipinski definition) is 0. The fourth-order valence-electron chi connectivity index (χ4n) is 1.60. The smallest absolute Gasteiger partial charge is 0.244 e. The van der Waals surface area contributed by atoms with Gasteiger partial charge in [0, 0.05) is 17.6 Å². The van der Waals surface area contributed by atoms with Crippen LogP contribution in [0.2, 0.25) is 5.02 Å². The van der Waals surface area contributed by atoms with Crippen molar-refractivity contribution in [3.05, 3.63) is 27.7 Å². The molecule has 0 unspecified atom stereocenters. The van der Waals surface area contributed by atoms with Gasteiger partial charge in [-0.3, -0.25) is 0 Å². The minimum atomic E-state index is -3.52. The van der Waals surface area contributed by atoms with Gasteiger partial charge in [-0.15, -0.1) is 0 Å². The first-order valence-corrected chi connectivity index (χ1v) is 7.66. The van der Waals surface area contributed by atoms with E-state index in [4.69, 9.17) is 16.3 Å². The van der Waals surface area contributed by atoms with Gasteiger partial charge in [-0.2, -0.15) is 4.31 Å². The van der Waals surface area contributed by atoms with E-state index in [1.807, 2.05) is 0 Å². The summed E-state index contributed by atoms with van der Waals surface area (Å²) in [6.07, 6.45) is 0. The van der Waals surface area contributed by atoms with Gasteiger partial charge < -0.3 is 4.74 Å². The molecule has 0 amide bonds. The van der Waals surface area contributed by atoms with Crippen LogP contribution in [-0.4, -0.2) is 39.0 Å². The molecule has 0 bridgehead atoms. The lowest BCUT2D eigenvalue weighted by Gasteiger charge is -2.26. The zero-order valence-corrected chi connectivity index (χ0v) is 12.1. The van der Waals surface area contributed by atoms with Crippen molar-refractivity contribution < 1.29 is 13.2 Å². The van der Waals surface area contributed by atoms with Crippen LogP contribution >= 0.6 is 27.5 Å². The van der Waals surface area contributed by atoms with E-state index < -0.39 is 10.0 Å². The number of rotatable bonds is 2. The number of sulfonamides is 1. The summed E-state index contributed by atoms with van der Waals surface area (Å²) in [5.74, 6) is 0. The number of hydrogen-bond acceptors (Lipinski definition) is 3. The van der Waals surface area contributed by atoms with Crippen molar-refractivity contribution in [2.24, 2.45) is 0 Å². The molecule has 7 heteroatoms. The van der Waals surface area contributed by atoms with Crippen LogP contribution in [-0.2, 0) is 14.8 Å². The molecule has 1 aliphatic heterocycles. The maximum Gasteiger partial charge on any atom is 0.244 e. The van der Waals surface area contributed by atoms with Crippen LogP contribution in [0.25, 0.3) is 0 Å². The first kappa shape index (κ1) is 13.3. The van der Waals surface area contributed by atoms with Gasteiger partial charge in [0.25, 0.3) is 0 Å². The summed E-state index contributed by atoms with van der Waals surface area (Å²) in [5, 5.41) is 0.236. The summed E-state index contributed by atoms with van der Waals surface area (Å²) in [4.78, 5) is 0.135. The molecular formula is C10H11BrClNO3S. The summed E-state index contributed by atoms with van der Waals surface area (Å²) in [6.45, 7) is 1.58. The highest BCUT2D eigenvalue weighted by Gasteiger charge is 2.28. The van der Waals surface area contributed by atoms with E-state index in [1.54, 1.807) is 12.1 Å². The Hall–Kier alpha value is -0.140. The molecule has 1 heterocycles. The number of nitrogens with zero attached hydrogens (tertiary/aromatic N) is 1. The zero-order valence-electron chi connectivity index (χ0n) is 8.90. The van der Waals surface area contributed by atoms with Crippen LogP contribution in [0.15, 0.2) is 27.6 Å². The Bertz CT molecular complexity index is 514. The van der Waals surface area contributed by atoms with Gasteiger partial charge in [0.05, 0.1) is 18.2 Å². The second kappa shape index (κ2) is 5.24. The number of halogens is 2. The molecule has 0 spiro atoms. The summed E-state index contributed by atoms with van der Waals surface area (Å²) < 4.78 is 31.9. The lowest BCUT2D eigenvalue weighted by molar-refractivity contribution is 0.0730. The third-order valence-corrected chi connectivity index (χ3v) is 5.35. The monoisotopic (exact) mass is 339 g/mol. The maximum atomic E-state index is 12.3. The van der Waals surface area contributed by atoms with Crippen molar-refractivity contribution >= 4 is 37.6 Å². The maximum absolute atomic E-state index is 12.3.